The number of allylic oxidation sites excluding steroid dienone is 1. The lowest BCUT2D eigenvalue weighted by molar-refractivity contribution is -0.152. The molecule has 2 aromatic rings. The highest BCUT2D eigenvalue weighted by molar-refractivity contribution is 5.91. The van der Waals surface area contributed by atoms with E-state index in [4.69, 9.17) is 24.2 Å². The number of carbonyl (C=O) groups is 3. The van der Waals surface area contributed by atoms with E-state index in [0.717, 1.165) is 32.1 Å². The van der Waals surface area contributed by atoms with E-state index < -0.39 is 41.6 Å². The van der Waals surface area contributed by atoms with E-state index in [9.17, 15) is 19.5 Å². The molecule has 0 spiro atoms. The lowest BCUT2D eigenvalue weighted by Crippen LogP contribution is -2.57. The summed E-state index contributed by atoms with van der Waals surface area (Å²) >= 11 is 0. The smallest absolute Gasteiger partial charge is 0.408 e. The van der Waals surface area contributed by atoms with Crippen LogP contribution in [0.5, 0.6) is 11.6 Å². The van der Waals surface area contributed by atoms with Gasteiger partial charge in [-0.3, -0.25) is 4.79 Å². The molecule has 2 amide bonds. The lowest BCUT2D eigenvalue weighted by Gasteiger charge is -2.35. The minimum atomic E-state index is -0.964. The fraction of sp³-hybridized carbons (Fsp3) is 0.606. The minimum Gasteiger partial charge on any atom is -0.508 e. The Kier molecular flexibility index (Phi) is 9.31. The molecule has 0 radical (unpaired) electrons. The number of hydrogen-bond acceptors (Lipinski definition) is 9. The van der Waals surface area contributed by atoms with Gasteiger partial charge in [0.1, 0.15) is 35.7 Å². The number of amides is 2. The molecule has 3 aliphatic rings. The number of nitrogens with zero attached hydrogens (tertiary/aromatic N) is 3. The summed E-state index contributed by atoms with van der Waals surface area (Å²) in [7, 11) is 1.28. The van der Waals surface area contributed by atoms with Gasteiger partial charge in [0.05, 0.1) is 24.7 Å². The number of phenols is 1. The van der Waals surface area contributed by atoms with Crippen LogP contribution < -0.4 is 10.1 Å². The summed E-state index contributed by atoms with van der Waals surface area (Å²) in [5.74, 6) is -0.129. The molecule has 1 aromatic heterocycles. The summed E-state index contributed by atoms with van der Waals surface area (Å²) in [4.78, 5) is 51.3. The molecule has 238 valence electrons. The van der Waals surface area contributed by atoms with Crippen LogP contribution >= 0.6 is 0 Å². The van der Waals surface area contributed by atoms with E-state index in [1.54, 1.807) is 12.1 Å². The number of rotatable bonds is 2. The summed E-state index contributed by atoms with van der Waals surface area (Å²) in [6.07, 6.45) is 6.54. The number of esters is 1. The molecule has 1 saturated heterocycles. The van der Waals surface area contributed by atoms with E-state index in [1.807, 2.05) is 26.8 Å². The summed E-state index contributed by atoms with van der Waals surface area (Å²) < 4.78 is 17.4. The fourth-order valence-corrected chi connectivity index (χ4v) is 6.71. The highest BCUT2D eigenvalue weighted by Gasteiger charge is 2.47. The Balaban J connectivity index is 1.50. The van der Waals surface area contributed by atoms with Crippen LogP contribution in [0.1, 0.15) is 71.4 Å². The van der Waals surface area contributed by atoms with Gasteiger partial charge in [-0.1, -0.05) is 39.7 Å². The summed E-state index contributed by atoms with van der Waals surface area (Å²) in [5, 5.41) is 12.9. The Bertz CT molecular complexity index is 1410. The van der Waals surface area contributed by atoms with E-state index in [1.165, 1.54) is 18.1 Å². The van der Waals surface area contributed by atoms with Crippen molar-refractivity contribution in [1.82, 2.24) is 20.2 Å². The molecule has 3 heterocycles. The van der Waals surface area contributed by atoms with Crippen LogP contribution in [-0.2, 0) is 25.5 Å². The maximum atomic E-state index is 14.1. The second kappa shape index (κ2) is 13.0. The van der Waals surface area contributed by atoms with Crippen molar-refractivity contribution in [2.75, 3.05) is 13.7 Å². The maximum absolute atomic E-state index is 14.1. The molecular weight excluding hydrogens is 564 g/mol. The normalized spacial score (nSPS) is 28.5. The number of alkyl carbamates (subject to hydrolysis) is 1. The van der Waals surface area contributed by atoms with Gasteiger partial charge < -0.3 is 29.5 Å². The third-order valence-electron chi connectivity index (χ3n) is 9.10. The molecule has 0 unspecified atom stereocenters. The summed E-state index contributed by atoms with van der Waals surface area (Å²) in [6.45, 7) is 9.63. The first-order valence-corrected chi connectivity index (χ1v) is 15.6. The molecule has 44 heavy (non-hydrogen) atoms. The van der Waals surface area contributed by atoms with Gasteiger partial charge in [0, 0.05) is 12.5 Å². The number of ether oxygens (including phenoxy) is 3. The Morgan fingerprint density at radius 1 is 1.11 bits per heavy atom. The van der Waals surface area contributed by atoms with Crippen LogP contribution in [0.15, 0.2) is 30.9 Å². The van der Waals surface area contributed by atoms with Gasteiger partial charge in [0.2, 0.25) is 11.8 Å². The van der Waals surface area contributed by atoms with Crippen molar-refractivity contribution in [3.8, 4) is 11.6 Å². The molecule has 1 saturated carbocycles. The zero-order valence-electron chi connectivity index (χ0n) is 26.1. The van der Waals surface area contributed by atoms with Crippen LogP contribution in [0.4, 0.5) is 4.79 Å². The number of fused-ring (bicyclic) bond motifs is 5. The van der Waals surface area contributed by atoms with E-state index in [-0.39, 0.29) is 36.7 Å². The molecule has 1 aliphatic carbocycles. The first-order chi connectivity index (χ1) is 21.0. The molecule has 5 rings (SSSR count). The second-order valence-electron chi connectivity index (χ2n) is 13.4. The topological polar surface area (TPSA) is 140 Å². The highest BCUT2D eigenvalue weighted by atomic mass is 16.6. The Morgan fingerprint density at radius 2 is 1.91 bits per heavy atom. The first kappa shape index (κ1) is 31.5. The number of methoxy groups -OCH3 is 1. The zero-order valence-corrected chi connectivity index (χ0v) is 26.1. The zero-order chi connectivity index (χ0) is 31.6. The van der Waals surface area contributed by atoms with Crippen molar-refractivity contribution < 1.29 is 33.7 Å². The molecule has 2 bridgehead atoms. The predicted octanol–water partition coefficient (Wildman–Crippen LogP) is 4.69. The van der Waals surface area contributed by atoms with Gasteiger partial charge in [-0.05, 0) is 61.5 Å². The van der Waals surface area contributed by atoms with Gasteiger partial charge in [-0.2, -0.15) is 0 Å². The average molecular weight is 609 g/mol. The van der Waals surface area contributed by atoms with Gasteiger partial charge in [0.15, 0.2) is 0 Å². The highest BCUT2D eigenvalue weighted by Crippen LogP contribution is 2.38. The Hall–Kier alpha value is -3.89. The van der Waals surface area contributed by atoms with Gasteiger partial charge >= 0.3 is 12.1 Å². The SMILES string of the molecule is C=C[C@@H]1C[C@H]2CCCCCc3nc4ccc(O)cc4nc3O[C@@H]3C[C@@H](C(=O)OC)N(C3)C(=O)[C@H](C(C)(C)C)NC(=O)O[C@@H]2C1. The van der Waals surface area contributed by atoms with Gasteiger partial charge in [0.25, 0.3) is 0 Å². The molecule has 11 heteroatoms. The molecule has 11 nitrogen and oxygen atoms in total. The van der Waals surface area contributed by atoms with Crippen LogP contribution in [0.3, 0.4) is 0 Å². The molecular formula is C33H44N4O7. The number of nitrogens with one attached hydrogen (secondary N) is 1. The average Bonchev–Trinajstić information content (AvgIpc) is 3.58. The van der Waals surface area contributed by atoms with E-state index in [2.05, 4.69) is 11.9 Å². The van der Waals surface area contributed by atoms with Crippen molar-refractivity contribution >= 4 is 29.0 Å². The fourth-order valence-electron chi connectivity index (χ4n) is 6.71. The quantitative estimate of drug-likeness (QED) is 0.367. The number of benzene rings is 1. The number of aromatic nitrogens is 2. The molecule has 2 N–H and O–H groups in total. The first-order valence-electron chi connectivity index (χ1n) is 15.6. The number of hydrogen-bond donors (Lipinski definition) is 2. The van der Waals surface area contributed by atoms with Crippen LogP contribution in [0, 0.1) is 17.3 Å². The maximum Gasteiger partial charge on any atom is 0.408 e. The Labute approximate surface area is 258 Å². The minimum absolute atomic E-state index is 0.0680. The van der Waals surface area contributed by atoms with Gasteiger partial charge in [-0.25, -0.2) is 19.6 Å². The predicted molar refractivity (Wildman–Crippen MR) is 163 cm³/mol. The standard InChI is InChI=1S/C33H44N4O7/c1-6-19-14-20-10-8-7-9-11-24-29(35-25-16-21(38)12-13-23(25)34-24)43-22-17-26(31(40)42-5)37(18-22)30(39)28(33(2,3)4)36-32(41)44-27(20)15-19/h6,12-13,16,19-20,22,26-28,38H,1,7-11,14-15,17-18H2,2-5H3,(H,36,41)/t19-,20-,22-,26+,27-,28-/m1/s1. The third-order valence-corrected chi connectivity index (χ3v) is 9.10. The van der Waals surface area contributed by atoms with Crippen molar-refractivity contribution in [1.29, 1.82) is 0 Å². The monoisotopic (exact) mass is 608 g/mol. The van der Waals surface area contributed by atoms with Crippen molar-refractivity contribution in [3.63, 3.8) is 0 Å². The summed E-state index contributed by atoms with van der Waals surface area (Å²) in [6, 6.07) is 2.97. The Morgan fingerprint density at radius 3 is 2.64 bits per heavy atom. The number of aromatic hydroxyl groups is 1. The largest absolute Gasteiger partial charge is 0.508 e. The van der Waals surface area contributed by atoms with Crippen molar-refractivity contribution in [2.45, 2.75) is 96.4 Å². The molecule has 2 fully saturated rings. The molecule has 2 aliphatic heterocycles. The van der Waals surface area contributed by atoms with Crippen LogP contribution in [0.2, 0.25) is 0 Å². The number of aryl methyl sites for hydroxylation is 1. The van der Waals surface area contributed by atoms with E-state index >= 15 is 0 Å². The second-order valence-corrected chi connectivity index (χ2v) is 13.4. The molecule has 1 aromatic carbocycles. The van der Waals surface area contributed by atoms with E-state index in [0.29, 0.717) is 35.4 Å². The molecule has 6 atom stereocenters. The van der Waals surface area contributed by atoms with Crippen molar-refractivity contribution in [2.24, 2.45) is 17.3 Å². The lowest BCUT2D eigenvalue weighted by atomic mass is 9.85. The van der Waals surface area contributed by atoms with Crippen LogP contribution in [0.25, 0.3) is 11.0 Å². The number of phenolic OH excluding ortho intramolecular Hbond substituents is 1. The van der Waals surface area contributed by atoms with Crippen molar-refractivity contribution in [3.05, 3.63) is 36.5 Å². The number of carbonyl (C=O) groups excluding carboxylic acids is 3. The third kappa shape index (κ3) is 6.92. The van der Waals surface area contributed by atoms with Gasteiger partial charge in [-0.15, -0.1) is 6.58 Å². The van der Waals surface area contributed by atoms with Crippen LogP contribution in [-0.4, -0.2) is 75.9 Å². The summed E-state index contributed by atoms with van der Waals surface area (Å²) in [5.41, 5.74) is 1.14.